The van der Waals surface area contributed by atoms with Crippen molar-refractivity contribution in [3.63, 3.8) is 0 Å². The van der Waals surface area contributed by atoms with Gasteiger partial charge in [-0.25, -0.2) is 0 Å². The zero-order valence-corrected chi connectivity index (χ0v) is 7.89. The van der Waals surface area contributed by atoms with E-state index < -0.39 is 0 Å². The first kappa shape index (κ1) is 9.52. The van der Waals surface area contributed by atoms with Crippen molar-refractivity contribution in [2.45, 2.75) is 45.2 Å². The summed E-state index contributed by atoms with van der Waals surface area (Å²) in [5.74, 6) is 0.0647. The third-order valence-corrected chi connectivity index (χ3v) is 2.38. The van der Waals surface area contributed by atoms with Gasteiger partial charge in [-0.1, -0.05) is 6.42 Å². The third kappa shape index (κ3) is 2.81. The van der Waals surface area contributed by atoms with Crippen molar-refractivity contribution >= 4 is 5.91 Å². The molecule has 0 saturated carbocycles. The van der Waals surface area contributed by atoms with Crippen LogP contribution in [0.1, 0.15) is 33.1 Å². The molecule has 1 heterocycles. The molecule has 2 unspecified atom stereocenters. The van der Waals surface area contributed by atoms with Crippen LogP contribution < -0.4 is 10.6 Å². The Morgan fingerprint density at radius 3 is 2.83 bits per heavy atom. The summed E-state index contributed by atoms with van der Waals surface area (Å²) in [5.41, 5.74) is 0. The Balaban J connectivity index is 2.29. The first-order chi connectivity index (χ1) is 5.70. The van der Waals surface area contributed by atoms with Gasteiger partial charge in [0.05, 0.1) is 0 Å². The minimum absolute atomic E-state index is 0.0647. The normalized spacial score (nSPS) is 26.3. The van der Waals surface area contributed by atoms with Crippen LogP contribution in [0.25, 0.3) is 0 Å². The number of amides is 1. The standard InChI is InChI=1S/C9H18N2O/c1-7(11-8(2)12)9-5-3-4-6-10-9/h7,9-10H,3-6H2,1-2H3,(H,11,12). The minimum Gasteiger partial charge on any atom is -0.352 e. The van der Waals surface area contributed by atoms with E-state index in [2.05, 4.69) is 17.6 Å². The number of hydrogen-bond donors (Lipinski definition) is 2. The summed E-state index contributed by atoms with van der Waals surface area (Å²) in [4.78, 5) is 10.8. The summed E-state index contributed by atoms with van der Waals surface area (Å²) in [6, 6.07) is 0.741. The van der Waals surface area contributed by atoms with Gasteiger partial charge >= 0.3 is 0 Å². The Morgan fingerprint density at radius 1 is 1.58 bits per heavy atom. The molecule has 0 aromatic carbocycles. The van der Waals surface area contributed by atoms with E-state index in [1.165, 1.54) is 19.3 Å². The molecule has 2 atom stereocenters. The lowest BCUT2D eigenvalue weighted by Gasteiger charge is -2.29. The molecule has 0 aliphatic carbocycles. The van der Waals surface area contributed by atoms with E-state index >= 15 is 0 Å². The third-order valence-electron chi connectivity index (χ3n) is 2.38. The van der Waals surface area contributed by atoms with Crippen LogP contribution in [0, 0.1) is 0 Å². The number of piperidine rings is 1. The van der Waals surface area contributed by atoms with Crippen LogP contribution in [0.5, 0.6) is 0 Å². The predicted molar refractivity (Wildman–Crippen MR) is 48.9 cm³/mol. The first-order valence-electron chi connectivity index (χ1n) is 4.70. The van der Waals surface area contributed by atoms with Gasteiger partial charge in [-0.2, -0.15) is 0 Å². The summed E-state index contributed by atoms with van der Waals surface area (Å²) in [6.45, 7) is 4.72. The molecule has 0 aromatic rings. The molecule has 0 bridgehead atoms. The maximum Gasteiger partial charge on any atom is 0.217 e. The predicted octanol–water partition coefficient (Wildman–Crippen LogP) is 0.653. The number of carbonyl (C=O) groups excluding carboxylic acids is 1. The van der Waals surface area contributed by atoms with Crippen LogP contribution in [-0.2, 0) is 4.79 Å². The van der Waals surface area contributed by atoms with Crippen molar-refractivity contribution in [2.24, 2.45) is 0 Å². The van der Waals surface area contributed by atoms with Gasteiger partial charge in [-0.15, -0.1) is 0 Å². The van der Waals surface area contributed by atoms with Crippen molar-refractivity contribution in [3.05, 3.63) is 0 Å². The summed E-state index contributed by atoms with van der Waals surface area (Å²) >= 11 is 0. The molecular formula is C9H18N2O. The van der Waals surface area contributed by atoms with E-state index in [0.29, 0.717) is 6.04 Å². The lowest BCUT2D eigenvalue weighted by Crippen LogP contribution is -2.49. The Kier molecular flexibility index (Phi) is 3.53. The van der Waals surface area contributed by atoms with E-state index in [-0.39, 0.29) is 11.9 Å². The van der Waals surface area contributed by atoms with Gasteiger partial charge in [0.25, 0.3) is 0 Å². The van der Waals surface area contributed by atoms with Crippen molar-refractivity contribution < 1.29 is 4.79 Å². The quantitative estimate of drug-likeness (QED) is 0.639. The Bertz CT molecular complexity index is 153. The Labute approximate surface area is 73.9 Å². The molecule has 2 N–H and O–H groups in total. The van der Waals surface area contributed by atoms with Crippen LogP contribution in [0.15, 0.2) is 0 Å². The van der Waals surface area contributed by atoms with Gasteiger partial charge in [-0.05, 0) is 26.3 Å². The molecule has 1 amide bonds. The molecule has 0 spiro atoms. The highest BCUT2D eigenvalue weighted by Crippen LogP contribution is 2.09. The molecule has 1 aliphatic heterocycles. The highest BCUT2D eigenvalue weighted by Gasteiger charge is 2.19. The second-order valence-corrected chi connectivity index (χ2v) is 3.55. The lowest BCUT2D eigenvalue weighted by molar-refractivity contribution is -0.119. The van der Waals surface area contributed by atoms with Crippen LogP contribution in [0.4, 0.5) is 0 Å². The molecule has 3 nitrogen and oxygen atoms in total. The van der Waals surface area contributed by atoms with Crippen molar-refractivity contribution in [1.82, 2.24) is 10.6 Å². The Morgan fingerprint density at radius 2 is 2.33 bits per heavy atom. The van der Waals surface area contributed by atoms with E-state index in [4.69, 9.17) is 0 Å². The summed E-state index contributed by atoms with van der Waals surface area (Å²) in [5, 5.41) is 6.32. The van der Waals surface area contributed by atoms with Gasteiger partial charge < -0.3 is 10.6 Å². The number of nitrogens with one attached hydrogen (secondary N) is 2. The zero-order chi connectivity index (χ0) is 8.97. The van der Waals surface area contributed by atoms with Gasteiger partial charge in [0, 0.05) is 19.0 Å². The zero-order valence-electron chi connectivity index (χ0n) is 7.89. The molecule has 1 aliphatic rings. The molecule has 1 rings (SSSR count). The summed E-state index contributed by atoms with van der Waals surface area (Å²) in [7, 11) is 0. The molecule has 3 heteroatoms. The average Bonchev–Trinajstić information content (AvgIpc) is 2.05. The highest BCUT2D eigenvalue weighted by atomic mass is 16.1. The molecule has 0 aromatic heterocycles. The van der Waals surface area contributed by atoms with Crippen LogP contribution in [-0.4, -0.2) is 24.5 Å². The van der Waals surface area contributed by atoms with Crippen molar-refractivity contribution in [2.75, 3.05) is 6.54 Å². The fraction of sp³-hybridized carbons (Fsp3) is 0.889. The van der Waals surface area contributed by atoms with Crippen molar-refractivity contribution in [1.29, 1.82) is 0 Å². The van der Waals surface area contributed by atoms with Crippen LogP contribution in [0.2, 0.25) is 0 Å². The highest BCUT2D eigenvalue weighted by molar-refractivity contribution is 5.73. The monoisotopic (exact) mass is 170 g/mol. The fourth-order valence-electron chi connectivity index (χ4n) is 1.73. The largest absolute Gasteiger partial charge is 0.352 e. The second kappa shape index (κ2) is 4.45. The molecule has 1 saturated heterocycles. The van der Waals surface area contributed by atoms with Crippen LogP contribution >= 0.6 is 0 Å². The fourth-order valence-corrected chi connectivity index (χ4v) is 1.73. The van der Waals surface area contributed by atoms with E-state index in [9.17, 15) is 4.79 Å². The first-order valence-corrected chi connectivity index (χ1v) is 4.70. The summed E-state index contributed by atoms with van der Waals surface area (Å²) in [6.07, 6.45) is 3.73. The van der Waals surface area contributed by atoms with E-state index in [0.717, 1.165) is 6.54 Å². The smallest absolute Gasteiger partial charge is 0.217 e. The molecule has 1 fully saturated rings. The number of rotatable bonds is 2. The van der Waals surface area contributed by atoms with E-state index in [1.54, 1.807) is 6.92 Å². The number of hydrogen-bond acceptors (Lipinski definition) is 2. The van der Waals surface area contributed by atoms with E-state index in [1.807, 2.05) is 0 Å². The molecule has 0 radical (unpaired) electrons. The van der Waals surface area contributed by atoms with Gasteiger partial charge in [0.2, 0.25) is 5.91 Å². The number of carbonyl (C=O) groups is 1. The van der Waals surface area contributed by atoms with Gasteiger partial charge in [0.15, 0.2) is 0 Å². The lowest BCUT2D eigenvalue weighted by atomic mass is 9.99. The second-order valence-electron chi connectivity index (χ2n) is 3.55. The van der Waals surface area contributed by atoms with Gasteiger partial charge in [0.1, 0.15) is 0 Å². The van der Waals surface area contributed by atoms with Crippen molar-refractivity contribution in [3.8, 4) is 0 Å². The molecule has 12 heavy (non-hydrogen) atoms. The minimum atomic E-state index is 0.0647. The maximum atomic E-state index is 10.8. The average molecular weight is 170 g/mol. The Hall–Kier alpha value is -0.570. The molecular weight excluding hydrogens is 152 g/mol. The topological polar surface area (TPSA) is 41.1 Å². The van der Waals surface area contributed by atoms with Crippen LogP contribution in [0.3, 0.4) is 0 Å². The SMILES string of the molecule is CC(=O)NC(C)C1CCCCN1. The molecule has 70 valence electrons. The maximum absolute atomic E-state index is 10.8. The van der Waals surface area contributed by atoms with Gasteiger partial charge in [-0.3, -0.25) is 4.79 Å². The summed E-state index contributed by atoms with van der Waals surface area (Å²) < 4.78 is 0.